The first-order valence-electron chi connectivity index (χ1n) is 10.6. The zero-order valence-corrected chi connectivity index (χ0v) is 17.7. The molecule has 2 unspecified atom stereocenters. The first-order valence-corrected chi connectivity index (χ1v) is 10.6. The van der Waals surface area contributed by atoms with E-state index in [0.717, 1.165) is 10.1 Å². The summed E-state index contributed by atoms with van der Waals surface area (Å²) in [5, 5.41) is 0. The molecule has 0 spiro atoms. The number of likely N-dealkylation sites (N-methyl/N-ethyl adjacent to an activating group) is 1. The average Bonchev–Trinajstić information content (AvgIpc) is 3.14. The molecule has 4 heterocycles. The molecule has 3 aliphatic heterocycles. The van der Waals surface area contributed by atoms with Gasteiger partial charge in [-0.15, -0.1) is 0 Å². The van der Waals surface area contributed by atoms with Crippen molar-refractivity contribution in [3.63, 3.8) is 0 Å². The van der Waals surface area contributed by atoms with Crippen molar-refractivity contribution in [1.82, 2.24) is 18.8 Å². The number of rotatable bonds is 3. The predicted molar refractivity (Wildman–Crippen MR) is 123 cm³/mol. The molecule has 0 aliphatic carbocycles. The molecule has 2 bridgehead atoms. The van der Waals surface area contributed by atoms with Gasteiger partial charge in [0.1, 0.15) is 0 Å². The summed E-state index contributed by atoms with van der Waals surface area (Å²) < 4.78 is 3.68. The minimum Gasteiger partial charge on any atom is -0.314 e. The number of para-hydroxylation sites is 1. The molecule has 4 aromatic rings. The van der Waals surface area contributed by atoms with Crippen molar-refractivity contribution in [2.45, 2.75) is 11.8 Å². The van der Waals surface area contributed by atoms with Gasteiger partial charge in [0.05, 0.1) is 11.4 Å². The van der Waals surface area contributed by atoms with E-state index in [1.165, 1.54) is 14.3 Å². The van der Waals surface area contributed by atoms with Crippen LogP contribution in [-0.4, -0.2) is 37.5 Å². The van der Waals surface area contributed by atoms with Gasteiger partial charge >= 0.3 is 11.4 Å². The van der Waals surface area contributed by atoms with Crippen LogP contribution in [0.5, 0.6) is 0 Å². The van der Waals surface area contributed by atoms with Crippen molar-refractivity contribution in [1.29, 1.82) is 0 Å². The van der Waals surface area contributed by atoms with Crippen molar-refractivity contribution in [2.75, 3.05) is 7.05 Å². The molecule has 7 rings (SSSR count). The van der Waals surface area contributed by atoms with E-state index in [4.69, 9.17) is 4.99 Å². The maximum absolute atomic E-state index is 13.8. The van der Waals surface area contributed by atoms with Gasteiger partial charge in [-0.2, -0.15) is 9.36 Å². The molecule has 0 saturated carbocycles. The van der Waals surface area contributed by atoms with Crippen LogP contribution in [0.1, 0.15) is 17.3 Å². The van der Waals surface area contributed by atoms with Crippen LogP contribution in [0.15, 0.2) is 106 Å². The van der Waals surface area contributed by atoms with Crippen LogP contribution in [0.4, 0.5) is 0 Å². The second-order valence-electron chi connectivity index (χ2n) is 8.08. The number of nitrogens with zero attached hydrogens (tertiary/aromatic N) is 5. The van der Waals surface area contributed by atoms with E-state index >= 15 is 0 Å². The van der Waals surface area contributed by atoms with E-state index in [2.05, 4.69) is 0 Å². The lowest BCUT2D eigenvalue weighted by Crippen LogP contribution is -2.67. The topological polar surface area (TPSA) is 81.6 Å². The Bertz CT molecular complexity index is 1530. The van der Waals surface area contributed by atoms with Gasteiger partial charge in [-0.3, -0.25) is 4.79 Å². The minimum absolute atomic E-state index is 0.370. The van der Waals surface area contributed by atoms with Gasteiger partial charge in [0, 0.05) is 12.6 Å². The van der Waals surface area contributed by atoms with Gasteiger partial charge in [-0.1, -0.05) is 78.9 Å². The number of aliphatic imine (C=N–C) groups is 1. The highest BCUT2D eigenvalue weighted by atomic mass is 16.2. The fourth-order valence-electron chi connectivity index (χ4n) is 4.80. The molecule has 162 valence electrons. The highest BCUT2D eigenvalue weighted by Gasteiger charge is 2.59. The van der Waals surface area contributed by atoms with Crippen molar-refractivity contribution in [3.8, 4) is 5.69 Å². The highest BCUT2D eigenvalue weighted by molar-refractivity contribution is 6.10. The molecule has 3 aliphatic rings. The molecule has 0 saturated heterocycles. The van der Waals surface area contributed by atoms with Crippen molar-refractivity contribution < 1.29 is 4.79 Å². The normalized spacial score (nSPS) is 21.1. The summed E-state index contributed by atoms with van der Waals surface area (Å²) in [6, 6.07) is 27.0. The third-order valence-electron chi connectivity index (χ3n) is 6.29. The average molecular weight is 437 g/mol. The number of carbonyl (C=O) groups is 1. The Morgan fingerprint density at radius 2 is 1.33 bits per heavy atom. The number of fused-ring (bicyclic) bond motifs is 1. The molecule has 0 fully saturated rings. The second kappa shape index (κ2) is 6.77. The molecule has 2 atom stereocenters. The standard InChI is InChI=1S/C25H19N5O3/c1-27-21-20(17-11-5-2-6-12-17)26-25(22(27)31,18-13-7-3-8-14-18)30-24(33)28(23(32)29(21)30)19-15-9-4-10-16-19/h2-16,21H,1H3. The number of hydrogen-bond donors (Lipinski definition) is 0. The lowest BCUT2D eigenvalue weighted by Gasteiger charge is -2.48. The third kappa shape index (κ3) is 2.40. The number of carbonyl (C=O) groups excluding carboxylic acids is 1. The molecule has 0 N–H and O–H groups in total. The van der Waals surface area contributed by atoms with E-state index < -0.39 is 23.2 Å². The number of aromatic nitrogens is 3. The monoisotopic (exact) mass is 437 g/mol. The molecule has 33 heavy (non-hydrogen) atoms. The lowest BCUT2D eigenvalue weighted by molar-refractivity contribution is -0.147. The van der Waals surface area contributed by atoms with Gasteiger partial charge in [0.2, 0.25) is 0 Å². The predicted octanol–water partition coefficient (Wildman–Crippen LogP) is 1.98. The Balaban J connectivity index is 1.77. The molecule has 8 nitrogen and oxygen atoms in total. The summed E-state index contributed by atoms with van der Waals surface area (Å²) in [6.07, 6.45) is -0.851. The van der Waals surface area contributed by atoms with Crippen molar-refractivity contribution in [3.05, 3.63) is 123 Å². The molecule has 0 radical (unpaired) electrons. The quantitative estimate of drug-likeness (QED) is 0.492. The van der Waals surface area contributed by atoms with E-state index in [1.54, 1.807) is 55.6 Å². The summed E-state index contributed by atoms with van der Waals surface area (Å²) in [5.74, 6) is -0.370. The number of benzene rings is 3. The fourth-order valence-corrected chi connectivity index (χ4v) is 4.80. The molecule has 1 aromatic heterocycles. The Labute approximate surface area is 188 Å². The van der Waals surface area contributed by atoms with Crippen LogP contribution >= 0.6 is 0 Å². The van der Waals surface area contributed by atoms with Gasteiger partial charge in [-0.05, 0) is 17.7 Å². The number of amides is 1. The Hall–Kier alpha value is -4.46. The van der Waals surface area contributed by atoms with Gasteiger partial charge < -0.3 is 4.90 Å². The largest absolute Gasteiger partial charge is 0.354 e. The summed E-state index contributed by atoms with van der Waals surface area (Å²) in [5.41, 5.74) is -0.604. The third-order valence-corrected chi connectivity index (χ3v) is 6.29. The first kappa shape index (κ1) is 19.2. The molecular formula is C25H19N5O3. The van der Waals surface area contributed by atoms with Crippen LogP contribution in [0.25, 0.3) is 5.69 Å². The fraction of sp³-hybridized carbons (Fsp3) is 0.120. The van der Waals surface area contributed by atoms with E-state index in [1.807, 2.05) is 42.5 Å². The number of hydrogen-bond acceptors (Lipinski definition) is 4. The van der Waals surface area contributed by atoms with Crippen molar-refractivity contribution >= 4 is 11.6 Å². The zero-order valence-electron chi connectivity index (χ0n) is 17.7. The smallest absolute Gasteiger partial charge is 0.314 e. The Morgan fingerprint density at radius 3 is 1.97 bits per heavy atom. The van der Waals surface area contributed by atoms with E-state index in [9.17, 15) is 14.4 Å². The van der Waals surface area contributed by atoms with Crippen LogP contribution in [0.3, 0.4) is 0 Å². The lowest BCUT2D eigenvalue weighted by atomic mass is 9.91. The molecule has 3 aromatic carbocycles. The summed E-state index contributed by atoms with van der Waals surface area (Å²) in [7, 11) is 1.64. The van der Waals surface area contributed by atoms with Gasteiger partial charge in [0.15, 0.2) is 6.17 Å². The second-order valence-corrected chi connectivity index (χ2v) is 8.08. The molecule has 8 heteroatoms. The zero-order chi connectivity index (χ0) is 22.7. The minimum atomic E-state index is -1.73. The summed E-state index contributed by atoms with van der Waals surface area (Å²) in [4.78, 5) is 47.7. The van der Waals surface area contributed by atoms with Gasteiger partial charge in [-0.25, -0.2) is 19.1 Å². The van der Waals surface area contributed by atoms with Crippen LogP contribution < -0.4 is 11.4 Å². The maximum atomic E-state index is 13.8. The Morgan fingerprint density at radius 1 is 0.758 bits per heavy atom. The van der Waals surface area contributed by atoms with Crippen molar-refractivity contribution in [2.24, 2.45) is 4.99 Å². The molecular weight excluding hydrogens is 418 g/mol. The van der Waals surface area contributed by atoms with E-state index in [-0.39, 0.29) is 5.91 Å². The maximum Gasteiger partial charge on any atom is 0.354 e. The van der Waals surface area contributed by atoms with Gasteiger partial charge in [0.25, 0.3) is 11.6 Å². The summed E-state index contributed by atoms with van der Waals surface area (Å²) in [6.45, 7) is 0. The van der Waals surface area contributed by atoms with Crippen LogP contribution in [0.2, 0.25) is 0 Å². The van der Waals surface area contributed by atoms with Crippen LogP contribution in [-0.2, 0) is 10.5 Å². The van der Waals surface area contributed by atoms with E-state index in [0.29, 0.717) is 17.0 Å². The Kier molecular flexibility index (Phi) is 3.95. The summed E-state index contributed by atoms with van der Waals surface area (Å²) >= 11 is 0. The highest BCUT2D eigenvalue weighted by Crippen LogP contribution is 2.41. The molecule has 1 amide bonds. The first-order chi connectivity index (χ1) is 16.1. The van der Waals surface area contributed by atoms with Crippen LogP contribution in [0, 0.1) is 0 Å². The SMILES string of the molecule is CN1C(=O)C2(c3ccccc3)N=C(c3ccccc3)C1n1c(=O)n(-c3ccccc3)c(=O)n12.